The minimum atomic E-state index is -0.696. The third kappa shape index (κ3) is 6.06. The highest BCUT2D eigenvalue weighted by Gasteiger charge is 2.19. The van der Waals surface area contributed by atoms with Gasteiger partial charge >= 0.3 is 5.97 Å². The lowest BCUT2D eigenvalue weighted by molar-refractivity contribution is -0.133. The van der Waals surface area contributed by atoms with Crippen molar-refractivity contribution >= 4 is 15.5 Å². The predicted molar refractivity (Wildman–Crippen MR) is 77.2 cm³/mol. The van der Waals surface area contributed by atoms with Gasteiger partial charge in [-0.25, -0.2) is 4.79 Å². The molecule has 100 valence electrons. The number of carboxylic acids is 1. The maximum absolute atomic E-state index is 11.4. The molecule has 0 aromatic heterocycles. The van der Waals surface area contributed by atoms with Gasteiger partial charge in [-0.15, -0.1) is 0 Å². The average molecular weight is 256 g/mol. The third-order valence-corrected chi connectivity index (χ3v) is 6.18. The van der Waals surface area contributed by atoms with Crippen LogP contribution in [0.2, 0.25) is 5.54 Å². The van der Waals surface area contributed by atoms with Crippen molar-refractivity contribution in [3.63, 3.8) is 0 Å². The number of rotatable bonds is 7. The highest BCUT2D eigenvalue weighted by Crippen LogP contribution is 2.24. The highest BCUT2D eigenvalue weighted by molar-refractivity contribution is 6.48. The molecule has 0 saturated carbocycles. The van der Waals surface area contributed by atoms with Crippen LogP contribution in [-0.2, 0) is 4.79 Å². The molecule has 0 rings (SSSR count). The lowest BCUT2D eigenvalue weighted by atomic mass is 9.99. The van der Waals surface area contributed by atoms with Gasteiger partial charge in [0.25, 0.3) is 0 Å². The van der Waals surface area contributed by atoms with Gasteiger partial charge in [0.05, 0.1) is 9.52 Å². The van der Waals surface area contributed by atoms with E-state index in [1.165, 1.54) is 5.20 Å². The maximum atomic E-state index is 11.4. The summed E-state index contributed by atoms with van der Waals surface area (Å²) in [5.74, 6) is 0.111. The summed E-state index contributed by atoms with van der Waals surface area (Å²) >= 11 is 0. The van der Waals surface area contributed by atoms with E-state index in [1.807, 2.05) is 0 Å². The zero-order valence-electron chi connectivity index (χ0n) is 12.2. The summed E-state index contributed by atoms with van der Waals surface area (Å²) in [7, 11) is -0.432. The Bertz CT molecular complexity index is 280. The van der Waals surface area contributed by atoms with Gasteiger partial charge in [-0.1, -0.05) is 58.7 Å². The van der Waals surface area contributed by atoms with Crippen LogP contribution in [0.4, 0.5) is 0 Å². The van der Waals surface area contributed by atoms with Gasteiger partial charge in [0, 0.05) is 5.57 Å². The molecule has 17 heavy (non-hydrogen) atoms. The standard InChI is InChI=1S/C14H28O2Si/c1-7-11(6)17-13(10(4)5)12(14(15)16)8-9(2)3/h9-11H,7-8,17H2,1-6H3,(H,15,16). The van der Waals surface area contributed by atoms with E-state index in [-0.39, 0.29) is 0 Å². The molecule has 0 bridgehead atoms. The second-order valence-electron chi connectivity index (χ2n) is 5.78. The quantitative estimate of drug-likeness (QED) is 0.560. The van der Waals surface area contributed by atoms with Gasteiger partial charge < -0.3 is 5.11 Å². The first-order valence-corrected chi connectivity index (χ1v) is 8.27. The fourth-order valence-corrected chi connectivity index (χ4v) is 4.04. The summed E-state index contributed by atoms with van der Waals surface area (Å²) in [5.41, 5.74) is 1.41. The topological polar surface area (TPSA) is 37.3 Å². The molecule has 0 aliphatic carbocycles. The molecule has 0 aromatic carbocycles. The van der Waals surface area contributed by atoms with Crippen molar-refractivity contribution in [2.45, 2.75) is 59.9 Å². The predicted octanol–water partition coefficient (Wildman–Crippen LogP) is 3.41. The minimum Gasteiger partial charge on any atom is -0.478 e. The van der Waals surface area contributed by atoms with Crippen LogP contribution in [0, 0.1) is 11.8 Å². The summed E-state index contributed by atoms with van der Waals surface area (Å²) in [5, 5.41) is 10.7. The molecule has 0 amide bonds. The molecule has 1 unspecified atom stereocenters. The SMILES string of the molecule is CCC(C)[SiH2]C(=C(CC(C)C)C(=O)O)C(C)C. The van der Waals surface area contributed by atoms with Crippen molar-refractivity contribution in [2.24, 2.45) is 11.8 Å². The number of carbonyl (C=O) groups is 1. The van der Waals surface area contributed by atoms with Crippen molar-refractivity contribution in [3.8, 4) is 0 Å². The summed E-state index contributed by atoms with van der Waals surface area (Å²) in [6.45, 7) is 12.9. The smallest absolute Gasteiger partial charge is 0.331 e. The number of hydrogen-bond acceptors (Lipinski definition) is 1. The Kier molecular flexibility index (Phi) is 7.44. The third-order valence-electron chi connectivity index (χ3n) is 3.22. The molecule has 3 heteroatoms. The molecule has 2 nitrogen and oxygen atoms in total. The zero-order chi connectivity index (χ0) is 13.6. The fraction of sp³-hybridized carbons (Fsp3) is 0.786. The van der Waals surface area contributed by atoms with E-state index in [2.05, 4.69) is 41.5 Å². The Morgan fingerprint density at radius 3 is 2.00 bits per heavy atom. The van der Waals surface area contributed by atoms with Crippen LogP contribution in [0.15, 0.2) is 10.8 Å². The first kappa shape index (κ1) is 16.4. The summed E-state index contributed by atoms with van der Waals surface area (Å²) < 4.78 is 0. The number of hydrogen-bond donors (Lipinski definition) is 1. The van der Waals surface area contributed by atoms with E-state index in [0.717, 1.165) is 6.42 Å². The van der Waals surface area contributed by atoms with Crippen LogP contribution in [0.5, 0.6) is 0 Å². The van der Waals surface area contributed by atoms with Crippen LogP contribution in [0.3, 0.4) is 0 Å². The van der Waals surface area contributed by atoms with Crippen LogP contribution < -0.4 is 0 Å². The van der Waals surface area contributed by atoms with Crippen molar-refractivity contribution < 1.29 is 9.90 Å². The van der Waals surface area contributed by atoms with Gasteiger partial charge in [0.2, 0.25) is 0 Å². The summed E-state index contributed by atoms with van der Waals surface area (Å²) in [4.78, 5) is 11.4. The van der Waals surface area contributed by atoms with E-state index < -0.39 is 15.5 Å². The molecule has 0 saturated heterocycles. The lowest BCUT2D eigenvalue weighted by Gasteiger charge is -2.20. The van der Waals surface area contributed by atoms with Crippen molar-refractivity contribution in [2.75, 3.05) is 0 Å². The highest BCUT2D eigenvalue weighted by atomic mass is 28.2. The molecule has 0 heterocycles. The second kappa shape index (κ2) is 7.70. The largest absolute Gasteiger partial charge is 0.478 e. The molecular formula is C14H28O2Si. The van der Waals surface area contributed by atoms with E-state index in [0.29, 0.717) is 29.4 Å². The molecule has 0 fully saturated rings. The molecule has 1 N–H and O–H groups in total. The molecule has 0 spiro atoms. The average Bonchev–Trinajstić information content (AvgIpc) is 2.21. The Morgan fingerprint density at radius 1 is 1.18 bits per heavy atom. The molecule has 0 aliphatic heterocycles. The first-order valence-electron chi connectivity index (χ1n) is 6.74. The molecule has 0 aliphatic rings. The molecule has 1 atom stereocenters. The van der Waals surface area contributed by atoms with Crippen LogP contribution in [-0.4, -0.2) is 20.6 Å². The maximum Gasteiger partial charge on any atom is 0.331 e. The van der Waals surface area contributed by atoms with Crippen LogP contribution in [0.1, 0.15) is 54.4 Å². The van der Waals surface area contributed by atoms with E-state index in [4.69, 9.17) is 0 Å². The van der Waals surface area contributed by atoms with E-state index >= 15 is 0 Å². The molecule has 0 aromatic rings. The van der Waals surface area contributed by atoms with Gasteiger partial charge in [-0.2, -0.15) is 0 Å². The normalized spacial score (nSPS) is 15.8. The number of allylic oxidation sites excluding steroid dienone is 1. The Balaban J connectivity index is 5.19. The van der Waals surface area contributed by atoms with Crippen LogP contribution in [0.25, 0.3) is 0 Å². The second-order valence-corrected chi connectivity index (χ2v) is 8.34. The summed E-state index contributed by atoms with van der Waals surface area (Å²) in [6, 6.07) is 0. The zero-order valence-corrected chi connectivity index (χ0v) is 13.6. The lowest BCUT2D eigenvalue weighted by Crippen LogP contribution is -2.17. The first-order chi connectivity index (χ1) is 7.79. The van der Waals surface area contributed by atoms with Gasteiger partial charge in [0.15, 0.2) is 0 Å². The Morgan fingerprint density at radius 2 is 1.71 bits per heavy atom. The van der Waals surface area contributed by atoms with Crippen molar-refractivity contribution in [3.05, 3.63) is 10.8 Å². The summed E-state index contributed by atoms with van der Waals surface area (Å²) in [6.07, 6.45) is 1.88. The van der Waals surface area contributed by atoms with E-state index in [1.54, 1.807) is 0 Å². The van der Waals surface area contributed by atoms with Gasteiger partial charge in [-0.3, -0.25) is 0 Å². The van der Waals surface area contributed by atoms with Gasteiger partial charge in [-0.05, 0) is 18.3 Å². The Labute approximate surface area is 108 Å². The van der Waals surface area contributed by atoms with E-state index in [9.17, 15) is 9.90 Å². The monoisotopic (exact) mass is 256 g/mol. The van der Waals surface area contributed by atoms with Crippen LogP contribution >= 0.6 is 0 Å². The minimum absolute atomic E-state index is 0.389. The fourth-order valence-electron chi connectivity index (χ4n) is 1.99. The Hall–Kier alpha value is -0.573. The van der Waals surface area contributed by atoms with Crippen molar-refractivity contribution in [1.29, 1.82) is 0 Å². The number of aliphatic carboxylic acids is 1. The van der Waals surface area contributed by atoms with Crippen molar-refractivity contribution in [1.82, 2.24) is 0 Å². The number of carboxylic acid groups (broad SMARTS) is 1. The molecule has 0 radical (unpaired) electrons. The van der Waals surface area contributed by atoms with Gasteiger partial charge in [0.1, 0.15) is 0 Å². The molecular weight excluding hydrogens is 228 g/mol.